The second kappa shape index (κ2) is 8.56. The van der Waals surface area contributed by atoms with E-state index in [9.17, 15) is 9.59 Å². The van der Waals surface area contributed by atoms with Crippen molar-refractivity contribution < 1.29 is 14.3 Å². The zero-order chi connectivity index (χ0) is 23.9. The van der Waals surface area contributed by atoms with Crippen LogP contribution in [0.5, 0.6) is 11.5 Å². The molecule has 1 heterocycles. The molecule has 5 rings (SSSR count). The zero-order valence-electron chi connectivity index (χ0n) is 19.7. The van der Waals surface area contributed by atoms with E-state index < -0.39 is 12.0 Å². The lowest BCUT2D eigenvalue weighted by atomic mass is 9.68. The fourth-order valence-corrected chi connectivity index (χ4v) is 5.21. The summed E-state index contributed by atoms with van der Waals surface area (Å²) in [5.41, 5.74) is 2.97. The number of hydrogen-bond acceptors (Lipinski definition) is 4. The fourth-order valence-electron chi connectivity index (χ4n) is 5.21. The normalized spacial score (nSPS) is 21.1. The highest BCUT2D eigenvalue weighted by Gasteiger charge is 2.47. The number of para-hydroxylation sites is 3. The van der Waals surface area contributed by atoms with Crippen LogP contribution in [0.1, 0.15) is 45.2 Å². The molecular weight excluding hydrogens is 424 g/mol. The highest BCUT2D eigenvalue weighted by molar-refractivity contribution is 6.12. The van der Waals surface area contributed by atoms with Crippen molar-refractivity contribution in [2.24, 2.45) is 16.3 Å². The van der Waals surface area contributed by atoms with Crippen LogP contribution in [-0.4, -0.2) is 17.4 Å². The van der Waals surface area contributed by atoms with Crippen molar-refractivity contribution >= 4 is 28.8 Å². The SMILES string of the molecule is CC(=O)N1c2ccccc2N=C2CC(C)(C)CC(=O)C2C1c1cccc(Oc2ccccc2)c1. The van der Waals surface area contributed by atoms with Gasteiger partial charge >= 0.3 is 0 Å². The number of amides is 1. The summed E-state index contributed by atoms with van der Waals surface area (Å²) in [4.78, 5) is 33.5. The summed E-state index contributed by atoms with van der Waals surface area (Å²) in [6.45, 7) is 5.76. The minimum atomic E-state index is -0.503. The van der Waals surface area contributed by atoms with Gasteiger partial charge in [0.15, 0.2) is 0 Å². The molecule has 0 saturated heterocycles. The van der Waals surface area contributed by atoms with E-state index in [1.165, 1.54) is 0 Å². The van der Waals surface area contributed by atoms with Crippen LogP contribution in [0, 0.1) is 11.3 Å². The van der Waals surface area contributed by atoms with Crippen molar-refractivity contribution in [1.29, 1.82) is 0 Å². The van der Waals surface area contributed by atoms with E-state index >= 15 is 0 Å². The van der Waals surface area contributed by atoms with E-state index in [4.69, 9.17) is 9.73 Å². The van der Waals surface area contributed by atoms with Gasteiger partial charge < -0.3 is 9.64 Å². The summed E-state index contributed by atoms with van der Waals surface area (Å²) in [6, 6.07) is 24.4. The van der Waals surface area contributed by atoms with E-state index in [1.807, 2.05) is 78.9 Å². The van der Waals surface area contributed by atoms with E-state index in [-0.39, 0.29) is 17.1 Å². The van der Waals surface area contributed by atoms with Gasteiger partial charge in [-0.15, -0.1) is 0 Å². The summed E-state index contributed by atoms with van der Waals surface area (Å²) >= 11 is 0. The Morgan fingerprint density at radius 1 is 0.941 bits per heavy atom. The minimum Gasteiger partial charge on any atom is -0.457 e. The lowest BCUT2D eigenvalue weighted by Crippen LogP contribution is -2.46. The Kier molecular flexibility index (Phi) is 5.56. The number of rotatable bonds is 3. The van der Waals surface area contributed by atoms with Gasteiger partial charge in [-0.3, -0.25) is 14.6 Å². The predicted molar refractivity (Wildman–Crippen MR) is 134 cm³/mol. The van der Waals surface area contributed by atoms with Gasteiger partial charge in [0.25, 0.3) is 0 Å². The largest absolute Gasteiger partial charge is 0.457 e. The maximum absolute atomic E-state index is 13.6. The Bertz CT molecular complexity index is 1280. The first-order chi connectivity index (χ1) is 16.3. The molecule has 2 unspecified atom stereocenters. The molecule has 1 aliphatic carbocycles. The van der Waals surface area contributed by atoms with Crippen LogP contribution in [-0.2, 0) is 9.59 Å². The average Bonchev–Trinajstić information content (AvgIpc) is 2.93. The van der Waals surface area contributed by atoms with Crippen LogP contribution in [0.4, 0.5) is 11.4 Å². The zero-order valence-corrected chi connectivity index (χ0v) is 19.7. The fraction of sp³-hybridized carbons (Fsp3) is 0.276. The Labute approximate surface area is 200 Å². The molecule has 0 N–H and O–H groups in total. The molecule has 5 heteroatoms. The quantitative estimate of drug-likeness (QED) is 0.446. The number of aliphatic imine (C=N–C) groups is 1. The summed E-state index contributed by atoms with van der Waals surface area (Å²) in [5.74, 6) is 0.879. The van der Waals surface area contributed by atoms with E-state index in [2.05, 4.69) is 13.8 Å². The van der Waals surface area contributed by atoms with Crippen molar-refractivity contribution in [3.8, 4) is 11.5 Å². The van der Waals surface area contributed by atoms with Gasteiger partial charge in [0.1, 0.15) is 17.3 Å². The van der Waals surface area contributed by atoms with Gasteiger partial charge in [0.05, 0.1) is 23.3 Å². The molecule has 3 aromatic carbocycles. The van der Waals surface area contributed by atoms with E-state index in [0.29, 0.717) is 18.6 Å². The van der Waals surface area contributed by atoms with Gasteiger partial charge in [-0.1, -0.05) is 56.3 Å². The maximum atomic E-state index is 13.6. The van der Waals surface area contributed by atoms with Gasteiger partial charge in [0.2, 0.25) is 5.91 Å². The molecule has 5 nitrogen and oxygen atoms in total. The highest BCUT2D eigenvalue weighted by Crippen LogP contribution is 2.48. The van der Waals surface area contributed by atoms with Crippen molar-refractivity contribution in [3.63, 3.8) is 0 Å². The molecule has 1 fully saturated rings. The van der Waals surface area contributed by atoms with Crippen molar-refractivity contribution in [2.45, 2.75) is 39.7 Å². The van der Waals surface area contributed by atoms with Crippen LogP contribution in [0.25, 0.3) is 0 Å². The Balaban J connectivity index is 1.66. The predicted octanol–water partition coefficient (Wildman–Crippen LogP) is 6.66. The molecule has 0 bridgehead atoms. The number of nitrogens with zero attached hydrogens (tertiary/aromatic N) is 2. The lowest BCUT2D eigenvalue weighted by molar-refractivity contribution is -0.124. The second-order valence-corrected chi connectivity index (χ2v) is 9.88. The molecule has 1 aliphatic heterocycles. The first kappa shape index (κ1) is 22.1. The monoisotopic (exact) mass is 452 g/mol. The van der Waals surface area contributed by atoms with Crippen molar-refractivity contribution in [1.82, 2.24) is 0 Å². The van der Waals surface area contributed by atoms with Crippen molar-refractivity contribution in [3.05, 3.63) is 84.4 Å². The Morgan fingerprint density at radius 3 is 2.41 bits per heavy atom. The average molecular weight is 453 g/mol. The molecule has 34 heavy (non-hydrogen) atoms. The van der Waals surface area contributed by atoms with Crippen LogP contribution < -0.4 is 9.64 Å². The van der Waals surface area contributed by atoms with Gasteiger partial charge in [-0.05, 0) is 53.8 Å². The van der Waals surface area contributed by atoms with Crippen LogP contribution in [0.15, 0.2) is 83.9 Å². The number of anilines is 1. The number of hydrogen-bond donors (Lipinski definition) is 0. The molecule has 0 radical (unpaired) electrons. The molecule has 1 saturated carbocycles. The number of ketones is 1. The third-order valence-electron chi connectivity index (χ3n) is 6.54. The van der Waals surface area contributed by atoms with Gasteiger partial charge in [-0.25, -0.2) is 0 Å². The molecule has 0 aromatic heterocycles. The highest BCUT2D eigenvalue weighted by atomic mass is 16.5. The molecule has 2 atom stereocenters. The van der Waals surface area contributed by atoms with E-state index in [1.54, 1.807) is 11.8 Å². The first-order valence-electron chi connectivity index (χ1n) is 11.6. The van der Waals surface area contributed by atoms with Gasteiger partial charge in [-0.2, -0.15) is 0 Å². The number of carbonyl (C=O) groups is 2. The smallest absolute Gasteiger partial charge is 0.224 e. The number of ether oxygens (including phenoxy) is 1. The first-order valence-corrected chi connectivity index (χ1v) is 11.6. The maximum Gasteiger partial charge on any atom is 0.224 e. The minimum absolute atomic E-state index is 0.119. The second-order valence-electron chi connectivity index (χ2n) is 9.88. The summed E-state index contributed by atoms with van der Waals surface area (Å²) < 4.78 is 6.08. The Morgan fingerprint density at radius 2 is 1.65 bits per heavy atom. The Hall–Kier alpha value is -3.73. The number of benzene rings is 3. The van der Waals surface area contributed by atoms with Crippen LogP contribution in [0.2, 0.25) is 0 Å². The standard InChI is InChI=1S/C29H28N2O3/c1-19(32)31-25-15-8-7-14-23(25)30-24-17-29(2,3)18-26(33)27(24)28(31)20-10-9-13-22(16-20)34-21-11-5-4-6-12-21/h4-16,27-28H,17-18H2,1-3H3. The van der Waals surface area contributed by atoms with Gasteiger partial charge in [0, 0.05) is 19.1 Å². The molecule has 0 spiro atoms. The topological polar surface area (TPSA) is 59.0 Å². The lowest BCUT2D eigenvalue weighted by Gasteiger charge is -2.40. The third-order valence-corrected chi connectivity index (χ3v) is 6.54. The third kappa shape index (κ3) is 4.14. The number of carbonyl (C=O) groups excluding carboxylic acids is 2. The molecule has 1 amide bonds. The number of Topliss-reactive ketones (excluding diaryl/α,β-unsaturated/α-hetero) is 1. The van der Waals surface area contributed by atoms with Crippen LogP contribution >= 0.6 is 0 Å². The van der Waals surface area contributed by atoms with E-state index in [0.717, 1.165) is 28.4 Å². The summed E-state index contributed by atoms with van der Waals surface area (Å²) in [6.07, 6.45) is 1.16. The molecule has 172 valence electrons. The molecular formula is C29H28N2O3. The molecule has 3 aromatic rings. The number of fused-ring (bicyclic) bond motifs is 2. The van der Waals surface area contributed by atoms with Crippen LogP contribution in [0.3, 0.4) is 0 Å². The summed E-state index contributed by atoms with van der Waals surface area (Å²) in [7, 11) is 0. The molecule has 2 aliphatic rings. The van der Waals surface area contributed by atoms with Crippen molar-refractivity contribution in [2.75, 3.05) is 4.90 Å². The summed E-state index contributed by atoms with van der Waals surface area (Å²) in [5, 5.41) is 0.